The van der Waals surface area contributed by atoms with Crippen molar-refractivity contribution in [1.82, 2.24) is 10.1 Å². The molecule has 13 heavy (non-hydrogen) atoms. The normalized spacial score (nSPS) is 18.8. The van der Waals surface area contributed by atoms with Gasteiger partial charge in [0.25, 0.3) is 0 Å². The van der Waals surface area contributed by atoms with Crippen LogP contribution in [0.25, 0.3) is 0 Å². The molecule has 1 aromatic heterocycles. The molecule has 0 saturated heterocycles. The third-order valence-corrected chi connectivity index (χ3v) is 2.63. The topological polar surface area (TPSA) is 51.0 Å². The number of hydrogen-bond donors (Lipinski definition) is 1. The van der Waals surface area contributed by atoms with Gasteiger partial charge in [0.15, 0.2) is 5.82 Å². The molecule has 1 N–H and O–H groups in total. The summed E-state index contributed by atoms with van der Waals surface area (Å²) in [6.07, 6.45) is 6.38. The van der Waals surface area contributed by atoms with E-state index in [1.807, 2.05) is 0 Å². The van der Waals surface area contributed by atoms with E-state index in [-0.39, 0.29) is 0 Å². The highest BCUT2D eigenvalue weighted by Crippen LogP contribution is 2.31. The first kappa shape index (κ1) is 8.53. The van der Waals surface area contributed by atoms with Crippen LogP contribution in [0.5, 0.6) is 0 Å². The summed E-state index contributed by atoms with van der Waals surface area (Å²) in [6, 6.07) is 0.528. The summed E-state index contributed by atoms with van der Waals surface area (Å²) in [4.78, 5) is 4.26. The van der Waals surface area contributed by atoms with Crippen molar-refractivity contribution < 1.29 is 4.52 Å². The molecule has 4 nitrogen and oxygen atoms in total. The van der Waals surface area contributed by atoms with Crippen molar-refractivity contribution in [2.45, 2.75) is 38.0 Å². The van der Waals surface area contributed by atoms with Crippen molar-refractivity contribution in [3.05, 3.63) is 5.82 Å². The van der Waals surface area contributed by atoms with Crippen LogP contribution in [0.1, 0.15) is 43.8 Å². The smallest absolute Gasteiger partial charge is 0.321 e. The highest BCUT2D eigenvalue weighted by Gasteiger charge is 2.20. The SMILES string of the molecule is CNc1nc(C2CCCCC2)no1. The van der Waals surface area contributed by atoms with Crippen LogP contribution in [0.3, 0.4) is 0 Å². The minimum Gasteiger partial charge on any atom is -0.341 e. The number of anilines is 1. The summed E-state index contributed by atoms with van der Waals surface area (Å²) >= 11 is 0. The van der Waals surface area contributed by atoms with Crippen LogP contribution in [0.4, 0.5) is 6.01 Å². The fourth-order valence-corrected chi connectivity index (χ4v) is 1.86. The van der Waals surface area contributed by atoms with Gasteiger partial charge in [0.2, 0.25) is 0 Å². The number of aromatic nitrogens is 2. The van der Waals surface area contributed by atoms with Crippen molar-refractivity contribution in [3.63, 3.8) is 0 Å². The van der Waals surface area contributed by atoms with Crippen molar-refractivity contribution in [3.8, 4) is 0 Å². The number of nitrogens with one attached hydrogen (secondary N) is 1. The second-order valence-corrected chi connectivity index (χ2v) is 3.54. The zero-order valence-electron chi connectivity index (χ0n) is 7.92. The van der Waals surface area contributed by atoms with Gasteiger partial charge in [-0.2, -0.15) is 4.98 Å². The summed E-state index contributed by atoms with van der Waals surface area (Å²) in [7, 11) is 1.79. The van der Waals surface area contributed by atoms with Crippen molar-refractivity contribution in [1.29, 1.82) is 0 Å². The lowest BCUT2D eigenvalue weighted by Crippen LogP contribution is -2.06. The molecule has 4 heteroatoms. The van der Waals surface area contributed by atoms with Gasteiger partial charge in [-0.15, -0.1) is 0 Å². The Morgan fingerprint density at radius 2 is 2.08 bits per heavy atom. The monoisotopic (exact) mass is 181 g/mol. The van der Waals surface area contributed by atoms with Gasteiger partial charge in [-0.05, 0) is 12.8 Å². The largest absolute Gasteiger partial charge is 0.341 e. The van der Waals surface area contributed by atoms with Crippen molar-refractivity contribution in [2.75, 3.05) is 12.4 Å². The van der Waals surface area contributed by atoms with E-state index >= 15 is 0 Å². The van der Waals surface area contributed by atoms with E-state index in [1.54, 1.807) is 7.05 Å². The number of rotatable bonds is 2. The van der Waals surface area contributed by atoms with Gasteiger partial charge >= 0.3 is 6.01 Å². The van der Waals surface area contributed by atoms with Crippen LogP contribution in [-0.4, -0.2) is 17.2 Å². The molecule has 1 fully saturated rings. The van der Waals surface area contributed by atoms with Crippen LogP contribution < -0.4 is 5.32 Å². The average molecular weight is 181 g/mol. The second-order valence-electron chi connectivity index (χ2n) is 3.54. The maximum Gasteiger partial charge on any atom is 0.321 e. The molecule has 1 heterocycles. The fourth-order valence-electron chi connectivity index (χ4n) is 1.86. The zero-order valence-corrected chi connectivity index (χ0v) is 7.92. The second kappa shape index (κ2) is 3.77. The summed E-state index contributed by atoms with van der Waals surface area (Å²) in [5, 5.41) is 6.81. The molecule has 1 aliphatic carbocycles. The molecule has 1 aliphatic rings. The van der Waals surface area contributed by atoms with E-state index in [0.29, 0.717) is 11.9 Å². The third kappa shape index (κ3) is 1.82. The molecule has 0 bridgehead atoms. The van der Waals surface area contributed by atoms with Gasteiger partial charge in [-0.25, -0.2) is 0 Å². The Balaban J connectivity index is 2.05. The molecule has 0 aliphatic heterocycles. The first-order valence-electron chi connectivity index (χ1n) is 4.91. The van der Waals surface area contributed by atoms with Gasteiger partial charge in [-0.1, -0.05) is 24.4 Å². The maximum atomic E-state index is 4.99. The van der Waals surface area contributed by atoms with Crippen molar-refractivity contribution >= 4 is 6.01 Å². The summed E-state index contributed by atoms with van der Waals surface area (Å²) < 4.78 is 4.99. The molecule has 0 amide bonds. The maximum absolute atomic E-state index is 4.99. The van der Waals surface area contributed by atoms with Gasteiger partial charge in [0.05, 0.1) is 0 Å². The van der Waals surface area contributed by atoms with E-state index in [0.717, 1.165) is 5.82 Å². The predicted molar refractivity (Wildman–Crippen MR) is 49.7 cm³/mol. The molecular formula is C9H15N3O. The molecule has 0 aromatic carbocycles. The first-order chi connectivity index (χ1) is 6.40. The molecule has 0 atom stereocenters. The molecule has 0 unspecified atom stereocenters. The van der Waals surface area contributed by atoms with E-state index < -0.39 is 0 Å². The van der Waals surface area contributed by atoms with E-state index in [4.69, 9.17) is 4.52 Å². The highest BCUT2D eigenvalue weighted by atomic mass is 16.5. The van der Waals surface area contributed by atoms with Crippen LogP contribution in [0.15, 0.2) is 4.52 Å². The van der Waals surface area contributed by atoms with Gasteiger partial charge in [0, 0.05) is 13.0 Å². The standard InChI is InChI=1S/C9H15N3O/c1-10-9-11-8(12-13-9)7-5-3-2-4-6-7/h7H,2-6H2,1H3,(H,10,11,12). The Morgan fingerprint density at radius 3 is 2.69 bits per heavy atom. The first-order valence-corrected chi connectivity index (χ1v) is 4.91. The molecule has 2 rings (SSSR count). The van der Waals surface area contributed by atoms with Gasteiger partial charge < -0.3 is 9.84 Å². The van der Waals surface area contributed by atoms with E-state index in [9.17, 15) is 0 Å². The minimum atomic E-state index is 0.527. The molecule has 0 spiro atoms. The molecule has 1 aromatic rings. The van der Waals surface area contributed by atoms with E-state index in [2.05, 4.69) is 15.5 Å². The molecular weight excluding hydrogens is 166 g/mol. The lowest BCUT2D eigenvalue weighted by molar-refractivity contribution is 0.386. The Morgan fingerprint density at radius 1 is 1.31 bits per heavy atom. The third-order valence-electron chi connectivity index (χ3n) is 2.63. The lowest BCUT2D eigenvalue weighted by atomic mass is 9.89. The number of hydrogen-bond acceptors (Lipinski definition) is 4. The molecule has 0 radical (unpaired) electrons. The molecule has 1 saturated carbocycles. The lowest BCUT2D eigenvalue weighted by Gasteiger charge is -2.17. The van der Waals surface area contributed by atoms with Crippen molar-refractivity contribution in [2.24, 2.45) is 0 Å². The Kier molecular flexibility index (Phi) is 2.47. The van der Waals surface area contributed by atoms with Gasteiger partial charge in [-0.3, -0.25) is 0 Å². The molecule has 72 valence electrons. The Hall–Kier alpha value is -1.06. The summed E-state index contributed by atoms with van der Waals surface area (Å²) in [5.74, 6) is 1.41. The van der Waals surface area contributed by atoms with Gasteiger partial charge in [0.1, 0.15) is 0 Å². The highest BCUT2D eigenvalue weighted by molar-refractivity contribution is 5.17. The Labute approximate surface area is 77.7 Å². The summed E-state index contributed by atoms with van der Waals surface area (Å²) in [5.41, 5.74) is 0. The minimum absolute atomic E-state index is 0.527. The Bertz CT molecular complexity index is 266. The van der Waals surface area contributed by atoms with Crippen LogP contribution >= 0.6 is 0 Å². The number of nitrogens with zero attached hydrogens (tertiary/aromatic N) is 2. The zero-order chi connectivity index (χ0) is 9.10. The van der Waals surface area contributed by atoms with E-state index in [1.165, 1.54) is 32.1 Å². The van der Waals surface area contributed by atoms with Crippen LogP contribution in [-0.2, 0) is 0 Å². The quantitative estimate of drug-likeness (QED) is 0.759. The fraction of sp³-hybridized carbons (Fsp3) is 0.778. The average Bonchev–Trinajstić information content (AvgIpc) is 2.67. The van der Waals surface area contributed by atoms with Crippen LogP contribution in [0, 0.1) is 0 Å². The summed E-state index contributed by atoms with van der Waals surface area (Å²) in [6.45, 7) is 0. The van der Waals surface area contributed by atoms with Crippen LogP contribution in [0.2, 0.25) is 0 Å². The predicted octanol–water partition coefficient (Wildman–Crippen LogP) is 2.16.